The van der Waals surface area contributed by atoms with Crippen molar-refractivity contribution in [3.63, 3.8) is 0 Å². The molecule has 0 aromatic heterocycles. The molecule has 0 bridgehead atoms. The van der Waals surface area contributed by atoms with Crippen molar-refractivity contribution in [2.75, 3.05) is 7.11 Å². The van der Waals surface area contributed by atoms with E-state index in [2.05, 4.69) is 66.1 Å². The van der Waals surface area contributed by atoms with Gasteiger partial charge in [0.2, 0.25) is 0 Å². The summed E-state index contributed by atoms with van der Waals surface area (Å²) in [6, 6.07) is 28.0. The van der Waals surface area contributed by atoms with Crippen molar-refractivity contribution in [2.45, 2.75) is 44.4 Å². The lowest BCUT2D eigenvalue weighted by Gasteiger charge is -2.37. The van der Waals surface area contributed by atoms with E-state index in [0.717, 1.165) is 41.8 Å². The standard InChI is InChI=1S/C27H29N3O/c1-19-8-14-25(27(30-19)22-6-4-3-5-7-22)29-18-24-16-23(13-15-26(24)31-2)21-11-9-20(17-28)10-12-21/h3-7,9-13,15-16,19,25,27,29-30H,8,14,18H2,1-2H3/t19-,25-,27-/m0/s1. The van der Waals surface area contributed by atoms with E-state index in [1.54, 1.807) is 7.11 Å². The van der Waals surface area contributed by atoms with Gasteiger partial charge >= 0.3 is 0 Å². The second-order valence-corrected chi connectivity index (χ2v) is 8.24. The van der Waals surface area contributed by atoms with Crippen molar-refractivity contribution in [2.24, 2.45) is 0 Å². The van der Waals surface area contributed by atoms with Gasteiger partial charge in [0.05, 0.1) is 18.7 Å². The maximum atomic E-state index is 9.05. The average Bonchev–Trinajstić information content (AvgIpc) is 2.83. The van der Waals surface area contributed by atoms with Gasteiger partial charge < -0.3 is 15.4 Å². The molecule has 3 aromatic rings. The average molecular weight is 412 g/mol. The molecule has 0 spiro atoms. The van der Waals surface area contributed by atoms with Crippen LogP contribution in [-0.2, 0) is 6.54 Å². The lowest BCUT2D eigenvalue weighted by atomic mass is 9.89. The molecule has 158 valence electrons. The molecule has 0 aliphatic carbocycles. The zero-order valence-electron chi connectivity index (χ0n) is 18.1. The number of piperidine rings is 1. The molecule has 1 heterocycles. The topological polar surface area (TPSA) is 57.1 Å². The van der Waals surface area contributed by atoms with Crippen LogP contribution < -0.4 is 15.4 Å². The van der Waals surface area contributed by atoms with E-state index in [1.807, 2.05) is 30.3 Å². The summed E-state index contributed by atoms with van der Waals surface area (Å²) in [5.74, 6) is 0.887. The van der Waals surface area contributed by atoms with Gasteiger partial charge in [-0.2, -0.15) is 5.26 Å². The lowest BCUT2D eigenvalue weighted by molar-refractivity contribution is 0.260. The van der Waals surface area contributed by atoms with Crippen LogP contribution in [0.4, 0.5) is 0 Å². The fourth-order valence-electron chi connectivity index (χ4n) is 4.39. The molecule has 2 N–H and O–H groups in total. The third-order valence-corrected chi connectivity index (χ3v) is 6.12. The number of rotatable bonds is 6. The van der Waals surface area contributed by atoms with E-state index in [4.69, 9.17) is 10.00 Å². The van der Waals surface area contributed by atoms with E-state index in [9.17, 15) is 0 Å². The van der Waals surface area contributed by atoms with Crippen LogP contribution in [0.25, 0.3) is 11.1 Å². The van der Waals surface area contributed by atoms with Crippen LogP contribution in [0, 0.1) is 11.3 Å². The van der Waals surface area contributed by atoms with Crippen molar-refractivity contribution < 1.29 is 4.74 Å². The summed E-state index contributed by atoms with van der Waals surface area (Å²) >= 11 is 0. The molecular weight excluding hydrogens is 382 g/mol. The molecule has 4 nitrogen and oxygen atoms in total. The zero-order chi connectivity index (χ0) is 21.6. The van der Waals surface area contributed by atoms with E-state index < -0.39 is 0 Å². The van der Waals surface area contributed by atoms with Crippen LogP contribution in [0.1, 0.15) is 42.5 Å². The molecule has 0 radical (unpaired) electrons. The summed E-state index contributed by atoms with van der Waals surface area (Å²) in [6.45, 7) is 2.99. The Bertz CT molecular complexity index is 1040. The first-order valence-corrected chi connectivity index (χ1v) is 10.9. The Morgan fingerprint density at radius 1 is 1.00 bits per heavy atom. The molecule has 0 saturated carbocycles. The summed E-state index contributed by atoms with van der Waals surface area (Å²) in [7, 11) is 1.72. The van der Waals surface area contributed by atoms with E-state index >= 15 is 0 Å². The van der Waals surface area contributed by atoms with Gasteiger partial charge in [-0.15, -0.1) is 0 Å². The highest BCUT2D eigenvalue weighted by Gasteiger charge is 2.29. The van der Waals surface area contributed by atoms with Gasteiger partial charge in [0.1, 0.15) is 5.75 Å². The molecule has 3 aromatic carbocycles. The van der Waals surface area contributed by atoms with Gasteiger partial charge in [0.25, 0.3) is 0 Å². The molecule has 1 aliphatic rings. The summed E-state index contributed by atoms with van der Waals surface area (Å²) in [5, 5.41) is 16.6. The summed E-state index contributed by atoms with van der Waals surface area (Å²) in [5.41, 5.74) is 5.35. The third kappa shape index (κ3) is 4.96. The molecule has 0 unspecified atom stereocenters. The summed E-state index contributed by atoms with van der Waals surface area (Å²) in [6.07, 6.45) is 2.29. The molecule has 1 saturated heterocycles. The molecule has 4 heteroatoms. The van der Waals surface area contributed by atoms with Crippen molar-refractivity contribution in [3.8, 4) is 22.9 Å². The maximum absolute atomic E-state index is 9.05. The molecule has 1 fully saturated rings. The Morgan fingerprint density at radius 3 is 2.45 bits per heavy atom. The highest BCUT2D eigenvalue weighted by molar-refractivity contribution is 5.66. The summed E-state index contributed by atoms with van der Waals surface area (Å²) in [4.78, 5) is 0. The van der Waals surface area contributed by atoms with Crippen LogP contribution in [0.2, 0.25) is 0 Å². The third-order valence-electron chi connectivity index (χ3n) is 6.12. The monoisotopic (exact) mass is 411 g/mol. The number of nitrogens with zero attached hydrogens (tertiary/aromatic N) is 1. The first kappa shape index (κ1) is 21.1. The fraction of sp³-hybridized carbons (Fsp3) is 0.296. The number of nitriles is 1. The molecule has 4 rings (SSSR count). The fourth-order valence-corrected chi connectivity index (χ4v) is 4.39. The van der Waals surface area contributed by atoms with Crippen molar-refractivity contribution in [1.82, 2.24) is 10.6 Å². The van der Waals surface area contributed by atoms with E-state index in [1.165, 1.54) is 5.56 Å². The van der Waals surface area contributed by atoms with E-state index in [-0.39, 0.29) is 6.04 Å². The van der Waals surface area contributed by atoms with E-state index in [0.29, 0.717) is 17.6 Å². The summed E-state index contributed by atoms with van der Waals surface area (Å²) < 4.78 is 5.64. The number of methoxy groups -OCH3 is 1. The normalized spacial score (nSPS) is 20.7. The molecule has 3 atom stereocenters. The van der Waals surface area contributed by atoms with Crippen LogP contribution in [0.5, 0.6) is 5.75 Å². The highest BCUT2D eigenvalue weighted by atomic mass is 16.5. The predicted molar refractivity (Wildman–Crippen MR) is 125 cm³/mol. The largest absolute Gasteiger partial charge is 0.496 e. The Kier molecular flexibility index (Phi) is 6.66. The van der Waals surface area contributed by atoms with Gasteiger partial charge in [-0.05, 0) is 60.7 Å². The van der Waals surface area contributed by atoms with Crippen molar-refractivity contribution in [3.05, 3.63) is 89.5 Å². The molecule has 31 heavy (non-hydrogen) atoms. The Labute approximate surface area is 184 Å². The quantitative estimate of drug-likeness (QED) is 0.585. The van der Waals surface area contributed by atoms with Crippen molar-refractivity contribution in [1.29, 1.82) is 5.26 Å². The maximum Gasteiger partial charge on any atom is 0.123 e. The minimum atomic E-state index is 0.289. The Morgan fingerprint density at radius 2 is 1.74 bits per heavy atom. The zero-order valence-corrected chi connectivity index (χ0v) is 18.1. The number of ether oxygens (including phenoxy) is 1. The van der Waals surface area contributed by atoms with Gasteiger partial charge in [-0.25, -0.2) is 0 Å². The van der Waals surface area contributed by atoms with Gasteiger partial charge in [0, 0.05) is 30.2 Å². The lowest BCUT2D eigenvalue weighted by Crippen LogP contribution is -2.49. The first-order chi connectivity index (χ1) is 15.2. The van der Waals surface area contributed by atoms with Gasteiger partial charge in [-0.3, -0.25) is 0 Å². The minimum Gasteiger partial charge on any atom is -0.496 e. The van der Waals surface area contributed by atoms with Gasteiger partial charge in [-0.1, -0.05) is 48.5 Å². The number of hydrogen-bond acceptors (Lipinski definition) is 4. The first-order valence-electron chi connectivity index (χ1n) is 10.9. The molecule has 1 aliphatic heterocycles. The van der Waals surface area contributed by atoms with Crippen LogP contribution in [0.3, 0.4) is 0 Å². The van der Waals surface area contributed by atoms with Crippen LogP contribution in [0.15, 0.2) is 72.8 Å². The Hall–Kier alpha value is -3.13. The Balaban J connectivity index is 1.54. The minimum absolute atomic E-state index is 0.289. The van der Waals surface area contributed by atoms with Gasteiger partial charge in [0.15, 0.2) is 0 Å². The van der Waals surface area contributed by atoms with Crippen molar-refractivity contribution >= 4 is 0 Å². The SMILES string of the molecule is COc1ccc(-c2ccc(C#N)cc2)cc1CN[C@H]1CC[C@H](C)N[C@H]1c1ccccc1. The second-order valence-electron chi connectivity index (χ2n) is 8.24. The number of benzene rings is 3. The number of nitrogens with one attached hydrogen (secondary N) is 2. The highest BCUT2D eigenvalue weighted by Crippen LogP contribution is 2.29. The number of hydrogen-bond donors (Lipinski definition) is 2. The predicted octanol–water partition coefficient (Wildman–Crippen LogP) is 5.21. The molecular formula is C27H29N3O. The molecule has 0 amide bonds. The smallest absolute Gasteiger partial charge is 0.123 e. The van der Waals surface area contributed by atoms with Crippen LogP contribution >= 0.6 is 0 Å². The van der Waals surface area contributed by atoms with Crippen LogP contribution in [-0.4, -0.2) is 19.2 Å². The second kappa shape index (κ2) is 9.78.